The van der Waals surface area contributed by atoms with Gasteiger partial charge in [-0.05, 0) is 49.0 Å². The highest BCUT2D eigenvalue weighted by Crippen LogP contribution is 2.26. The van der Waals surface area contributed by atoms with Gasteiger partial charge in [-0.15, -0.1) is 5.10 Å². The second kappa shape index (κ2) is 7.96. The topological polar surface area (TPSA) is 84.2 Å². The highest BCUT2D eigenvalue weighted by atomic mass is 32.2. The summed E-state index contributed by atoms with van der Waals surface area (Å²) in [5.74, 6) is -0.198. The summed E-state index contributed by atoms with van der Waals surface area (Å²) in [6, 6.07) is 0. The Balaban J connectivity index is 1.77. The minimum Gasteiger partial charge on any atom is -0.341 e. The van der Waals surface area contributed by atoms with Gasteiger partial charge < -0.3 is 9.80 Å². The molecule has 1 aromatic rings. The molecule has 3 rings (SSSR count). The number of aryl methyl sites for hydroxylation is 1. The normalized spacial score (nSPS) is 18.9. The monoisotopic (exact) mass is 352 g/mol. The van der Waals surface area contributed by atoms with Crippen LogP contribution >= 0.6 is 11.8 Å². The molecule has 2 aliphatic rings. The van der Waals surface area contributed by atoms with Crippen LogP contribution in [0.15, 0.2) is 5.16 Å². The average molecular weight is 352 g/mol. The number of hydrogen-bond donors (Lipinski definition) is 0. The zero-order valence-electron chi connectivity index (χ0n) is 14.1. The van der Waals surface area contributed by atoms with Crippen LogP contribution in [0.3, 0.4) is 0 Å². The number of nitrogens with zero attached hydrogens (tertiary/aromatic N) is 6. The van der Waals surface area contributed by atoms with Crippen molar-refractivity contribution in [2.75, 3.05) is 26.2 Å². The number of tetrazole rings is 1. The molecule has 2 fully saturated rings. The summed E-state index contributed by atoms with van der Waals surface area (Å²) in [6.07, 6.45) is 6.32. The summed E-state index contributed by atoms with van der Waals surface area (Å²) in [7, 11) is 1.72. The van der Waals surface area contributed by atoms with Gasteiger partial charge in [-0.1, -0.05) is 11.8 Å². The molecule has 2 amide bonds. The molecule has 3 heterocycles. The van der Waals surface area contributed by atoms with Gasteiger partial charge in [0.05, 0.1) is 0 Å². The Kier molecular flexibility index (Phi) is 5.70. The van der Waals surface area contributed by atoms with Crippen LogP contribution in [-0.2, 0) is 16.6 Å². The van der Waals surface area contributed by atoms with E-state index in [9.17, 15) is 9.59 Å². The molecule has 0 unspecified atom stereocenters. The molecule has 2 saturated heterocycles. The van der Waals surface area contributed by atoms with Crippen molar-refractivity contribution in [2.24, 2.45) is 7.05 Å². The molecule has 0 radical (unpaired) electrons. The lowest BCUT2D eigenvalue weighted by Crippen LogP contribution is -2.50. The van der Waals surface area contributed by atoms with Gasteiger partial charge in [-0.2, -0.15) is 0 Å². The fourth-order valence-electron chi connectivity index (χ4n) is 3.19. The van der Waals surface area contributed by atoms with Gasteiger partial charge in [0.15, 0.2) is 5.25 Å². The van der Waals surface area contributed by atoms with E-state index in [1.165, 1.54) is 16.4 Å². The van der Waals surface area contributed by atoms with E-state index in [4.69, 9.17) is 0 Å². The minimum absolute atomic E-state index is 0.0988. The molecule has 0 N–H and O–H groups in total. The van der Waals surface area contributed by atoms with E-state index >= 15 is 0 Å². The van der Waals surface area contributed by atoms with Crippen molar-refractivity contribution in [2.45, 2.75) is 48.9 Å². The Hall–Kier alpha value is -1.64. The van der Waals surface area contributed by atoms with E-state index in [-0.39, 0.29) is 11.8 Å². The maximum atomic E-state index is 13.0. The first-order valence-electron chi connectivity index (χ1n) is 8.63. The van der Waals surface area contributed by atoms with Crippen molar-refractivity contribution in [1.82, 2.24) is 30.0 Å². The number of thioether (sulfide) groups is 1. The van der Waals surface area contributed by atoms with Crippen molar-refractivity contribution < 1.29 is 9.59 Å². The van der Waals surface area contributed by atoms with Gasteiger partial charge in [0.2, 0.25) is 17.0 Å². The maximum absolute atomic E-state index is 13.0. The van der Waals surface area contributed by atoms with Crippen LogP contribution in [0.2, 0.25) is 0 Å². The molecule has 0 saturated carbocycles. The molecular formula is C15H24N6O2S. The van der Waals surface area contributed by atoms with Crippen molar-refractivity contribution in [3.8, 4) is 0 Å². The zero-order valence-corrected chi connectivity index (χ0v) is 14.9. The minimum atomic E-state index is -0.786. The van der Waals surface area contributed by atoms with Crippen molar-refractivity contribution >= 4 is 23.6 Å². The highest BCUT2D eigenvalue weighted by Gasteiger charge is 2.36. The largest absolute Gasteiger partial charge is 0.341 e. The summed E-state index contributed by atoms with van der Waals surface area (Å²) in [4.78, 5) is 29.7. The van der Waals surface area contributed by atoms with Crippen molar-refractivity contribution in [1.29, 1.82) is 0 Å². The fourth-order valence-corrected chi connectivity index (χ4v) is 4.18. The molecule has 0 bridgehead atoms. The number of piperidine rings is 2. The molecule has 0 spiro atoms. The lowest BCUT2D eigenvalue weighted by molar-refractivity contribution is -0.140. The highest BCUT2D eigenvalue weighted by molar-refractivity contribution is 8.01. The Bertz CT molecular complexity index is 550. The van der Waals surface area contributed by atoms with E-state index in [0.29, 0.717) is 5.16 Å². The summed E-state index contributed by atoms with van der Waals surface area (Å²) in [5.41, 5.74) is 0. The van der Waals surface area contributed by atoms with Crippen LogP contribution in [0.4, 0.5) is 0 Å². The van der Waals surface area contributed by atoms with Crippen molar-refractivity contribution in [3.63, 3.8) is 0 Å². The van der Waals surface area contributed by atoms with E-state index in [1.54, 1.807) is 7.05 Å². The number of rotatable bonds is 4. The van der Waals surface area contributed by atoms with E-state index in [1.807, 2.05) is 9.80 Å². The molecule has 2 aliphatic heterocycles. The number of carbonyl (C=O) groups is 2. The first-order chi connectivity index (χ1) is 11.7. The Morgan fingerprint density at radius 3 is 1.83 bits per heavy atom. The first kappa shape index (κ1) is 17.2. The Morgan fingerprint density at radius 2 is 1.42 bits per heavy atom. The molecule has 9 heteroatoms. The van der Waals surface area contributed by atoms with Crippen LogP contribution in [-0.4, -0.2) is 73.3 Å². The molecule has 24 heavy (non-hydrogen) atoms. The Labute approximate surface area is 145 Å². The van der Waals surface area contributed by atoms with Gasteiger partial charge in [0.25, 0.3) is 0 Å². The molecular weight excluding hydrogens is 328 g/mol. The van der Waals surface area contributed by atoms with E-state index < -0.39 is 5.25 Å². The number of hydrogen-bond acceptors (Lipinski definition) is 6. The van der Waals surface area contributed by atoms with Gasteiger partial charge in [0, 0.05) is 33.2 Å². The molecule has 0 atom stereocenters. The van der Waals surface area contributed by atoms with Crippen LogP contribution in [0.1, 0.15) is 38.5 Å². The summed E-state index contributed by atoms with van der Waals surface area (Å²) >= 11 is 1.17. The average Bonchev–Trinajstić information content (AvgIpc) is 3.05. The number of carbonyl (C=O) groups excluding carboxylic acids is 2. The van der Waals surface area contributed by atoms with Crippen LogP contribution in [0, 0.1) is 0 Å². The molecule has 0 aliphatic carbocycles. The standard InChI is InChI=1S/C15H24N6O2S/c1-19-15(16-17-18-19)24-12(13(22)20-8-4-2-5-9-20)14(23)21-10-6-3-7-11-21/h12H,2-11H2,1H3. The molecule has 8 nitrogen and oxygen atoms in total. The lowest BCUT2D eigenvalue weighted by Gasteiger charge is -2.33. The molecule has 1 aromatic heterocycles. The van der Waals surface area contributed by atoms with Gasteiger partial charge in [-0.25, -0.2) is 4.68 Å². The second-order valence-corrected chi connectivity index (χ2v) is 7.43. The molecule has 132 valence electrons. The van der Waals surface area contributed by atoms with Gasteiger partial charge in [0.1, 0.15) is 0 Å². The first-order valence-corrected chi connectivity index (χ1v) is 9.51. The summed E-state index contributed by atoms with van der Waals surface area (Å²) in [5, 5.41) is 11.1. The molecule has 0 aromatic carbocycles. The summed E-state index contributed by atoms with van der Waals surface area (Å²) in [6.45, 7) is 2.95. The predicted molar refractivity (Wildman–Crippen MR) is 89.3 cm³/mol. The third kappa shape index (κ3) is 3.88. The number of amides is 2. The quantitative estimate of drug-likeness (QED) is 0.586. The second-order valence-electron chi connectivity index (χ2n) is 6.35. The van der Waals surface area contributed by atoms with Crippen LogP contribution < -0.4 is 0 Å². The third-order valence-corrected chi connectivity index (χ3v) is 5.78. The smallest absolute Gasteiger partial charge is 0.245 e. The SMILES string of the molecule is Cn1nnnc1SC(C(=O)N1CCCCC1)C(=O)N1CCCCC1. The van der Waals surface area contributed by atoms with Gasteiger partial charge in [-0.3, -0.25) is 9.59 Å². The fraction of sp³-hybridized carbons (Fsp3) is 0.800. The summed E-state index contributed by atoms with van der Waals surface area (Å²) < 4.78 is 1.50. The lowest BCUT2D eigenvalue weighted by atomic mass is 10.1. The predicted octanol–water partition coefficient (Wildman–Crippen LogP) is 0.696. The number of likely N-dealkylation sites (tertiary alicyclic amines) is 2. The zero-order chi connectivity index (χ0) is 16.9. The van der Waals surface area contributed by atoms with Gasteiger partial charge >= 0.3 is 0 Å². The van der Waals surface area contributed by atoms with Crippen LogP contribution in [0.5, 0.6) is 0 Å². The van der Waals surface area contributed by atoms with E-state index in [0.717, 1.165) is 64.7 Å². The van der Waals surface area contributed by atoms with E-state index in [2.05, 4.69) is 15.5 Å². The third-order valence-electron chi connectivity index (χ3n) is 4.59. The number of aromatic nitrogens is 4. The maximum Gasteiger partial charge on any atom is 0.245 e. The van der Waals surface area contributed by atoms with Crippen molar-refractivity contribution in [3.05, 3.63) is 0 Å². The Morgan fingerprint density at radius 1 is 0.917 bits per heavy atom. The van der Waals surface area contributed by atoms with Crippen LogP contribution in [0.25, 0.3) is 0 Å².